The zero-order chi connectivity index (χ0) is 17.3. The van der Waals surface area contributed by atoms with Crippen LogP contribution in [0.3, 0.4) is 0 Å². The van der Waals surface area contributed by atoms with Gasteiger partial charge in [0.15, 0.2) is 0 Å². The quantitative estimate of drug-likeness (QED) is 0.853. The van der Waals surface area contributed by atoms with E-state index in [0.717, 1.165) is 44.8 Å². The molecule has 1 aliphatic carbocycles. The lowest BCUT2D eigenvalue weighted by atomic mass is 9.91. The molecule has 3 fully saturated rings. The molecule has 2 amide bonds. The lowest BCUT2D eigenvalue weighted by molar-refractivity contribution is -0.142. The number of hydrogen-bond acceptors (Lipinski definition) is 3. The Labute approximate surface area is 146 Å². The van der Waals surface area contributed by atoms with Gasteiger partial charge in [-0.2, -0.15) is 0 Å². The number of rotatable bonds is 4. The highest BCUT2D eigenvalue weighted by Gasteiger charge is 2.35. The Morgan fingerprint density at radius 1 is 1.04 bits per heavy atom. The minimum absolute atomic E-state index is 0.0393. The van der Waals surface area contributed by atoms with Crippen molar-refractivity contribution in [2.24, 2.45) is 17.3 Å². The molecule has 5 nitrogen and oxygen atoms in total. The van der Waals surface area contributed by atoms with Gasteiger partial charge in [-0.15, -0.1) is 0 Å². The molecule has 3 aliphatic rings. The van der Waals surface area contributed by atoms with Crippen LogP contribution in [0.1, 0.15) is 52.9 Å². The minimum Gasteiger partial charge on any atom is -0.352 e. The molecule has 136 valence electrons. The second-order valence-electron chi connectivity index (χ2n) is 9.04. The molecular weight excluding hydrogens is 302 g/mol. The SMILES string of the molecule is CC(C)(C)C(=O)N1CCC[C@H](C(=O)N[C@@H]2CCN(CC3CC3)C2)C1. The van der Waals surface area contributed by atoms with Gasteiger partial charge in [0.25, 0.3) is 0 Å². The Morgan fingerprint density at radius 2 is 1.79 bits per heavy atom. The molecule has 0 spiro atoms. The summed E-state index contributed by atoms with van der Waals surface area (Å²) in [7, 11) is 0. The van der Waals surface area contributed by atoms with Gasteiger partial charge in [0.1, 0.15) is 0 Å². The Bertz CT molecular complexity index is 481. The summed E-state index contributed by atoms with van der Waals surface area (Å²) in [6.07, 6.45) is 5.66. The number of carbonyl (C=O) groups excluding carboxylic acids is 2. The van der Waals surface area contributed by atoms with Crippen LogP contribution in [-0.2, 0) is 9.59 Å². The van der Waals surface area contributed by atoms with Crippen molar-refractivity contribution in [2.45, 2.75) is 58.9 Å². The fraction of sp³-hybridized carbons (Fsp3) is 0.895. The van der Waals surface area contributed by atoms with Crippen LogP contribution in [0, 0.1) is 17.3 Å². The molecular formula is C19H33N3O2. The zero-order valence-electron chi connectivity index (χ0n) is 15.5. The highest BCUT2D eigenvalue weighted by molar-refractivity contribution is 5.84. The monoisotopic (exact) mass is 335 g/mol. The lowest BCUT2D eigenvalue weighted by Crippen LogP contribution is -2.50. The molecule has 5 heteroatoms. The van der Waals surface area contributed by atoms with Crippen LogP contribution in [0.2, 0.25) is 0 Å². The van der Waals surface area contributed by atoms with Gasteiger partial charge in [0.05, 0.1) is 5.92 Å². The van der Waals surface area contributed by atoms with Crippen LogP contribution in [0.4, 0.5) is 0 Å². The lowest BCUT2D eigenvalue weighted by Gasteiger charge is -2.36. The molecule has 0 aromatic carbocycles. The second-order valence-corrected chi connectivity index (χ2v) is 9.04. The van der Waals surface area contributed by atoms with Crippen molar-refractivity contribution in [3.8, 4) is 0 Å². The molecule has 0 unspecified atom stereocenters. The maximum absolute atomic E-state index is 12.6. The highest BCUT2D eigenvalue weighted by Crippen LogP contribution is 2.31. The van der Waals surface area contributed by atoms with Gasteiger partial charge in [0.2, 0.25) is 11.8 Å². The molecule has 0 bridgehead atoms. The van der Waals surface area contributed by atoms with Gasteiger partial charge in [-0.25, -0.2) is 0 Å². The standard InChI is InChI=1S/C19H33N3O2/c1-19(2,3)18(24)22-9-4-5-15(12-22)17(23)20-16-8-10-21(13-16)11-14-6-7-14/h14-16H,4-13H2,1-3H3,(H,20,23)/t15-,16+/m0/s1. The maximum Gasteiger partial charge on any atom is 0.227 e. The number of nitrogens with zero attached hydrogens (tertiary/aromatic N) is 2. The van der Waals surface area contributed by atoms with Crippen molar-refractivity contribution in [3.05, 3.63) is 0 Å². The maximum atomic E-state index is 12.6. The third kappa shape index (κ3) is 4.50. The van der Waals surface area contributed by atoms with Crippen LogP contribution in [0.25, 0.3) is 0 Å². The molecule has 0 aromatic heterocycles. The second kappa shape index (κ2) is 7.03. The fourth-order valence-electron chi connectivity index (χ4n) is 3.95. The number of amides is 2. The molecule has 3 rings (SSSR count). The molecule has 0 radical (unpaired) electrons. The summed E-state index contributed by atoms with van der Waals surface area (Å²) in [5.74, 6) is 1.19. The molecule has 24 heavy (non-hydrogen) atoms. The van der Waals surface area contributed by atoms with Gasteiger partial charge in [-0.1, -0.05) is 20.8 Å². The van der Waals surface area contributed by atoms with Crippen molar-refractivity contribution >= 4 is 11.8 Å². The van der Waals surface area contributed by atoms with E-state index in [4.69, 9.17) is 0 Å². The number of nitrogens with one attached hydrogen (secondary N) is 1. The first-order valence-corrected chi connectivity index (χ1v) is 9.65. The summed E-state index contributed by atoms with van der Waals surface area (Å²) < 4.78 is 0. The Hall–Kier alpha value is -1.10. The Morgan fingerprint density at radius 3 is 2.46 bits per heavy atom. The summed E-state index contributed by atoms with van der Waals surface area (Å²) in [6, 6.07) is 0.296. The fourth-order valence-corrected chi connectivity index (χ4v) is 3.95. The van der Waals surface area contributed by atoms with Gasteiger partial charge in [-0.3, -0.25) is 9.59 Å². The number of likely N-dealkylation sites (tertiary alicyclic amines) is 2. The molecule has 2 aliphatic heterocycles. The number of hydrogen-bond donors (Lipinski definition) is 1. The van der Waals surface area contributed by atoms with Crippen LogP contribution in [0.15, 0.2) is 0 Å². The van der Waals surface area contributed by atoms with Crippen molar-refractivity contribution in [1.82, 2.24) is 15.1 Å². The normalized spacial score (nSPS) is 28.9. The summed E-state index contributed by atoms with van der Waals surface area (Å²) in [4.78, 5) is 29.5. The molecule has 0 aromatic rings. The third-order valence-electron chi connectivity index (χ3n) is 5.55. The van der Waals surface area contributed by atoms with Gasteiger partial charge >= 0.3 is 0 Å². The summed E-state index contributed by atoms with van der Waals surface area (Å²) in [5, 5.41) is 3.25. The van der Waals surface area contributed by atoms with Crippen molar-refractivity contribution < 1.29 is 9.59 Å². The summed E-state index contributed by atoms with van der Waals surface area (Å²) >= 11 is 0. The van der Waals surface area contributed by atoms with E-state index in [1.807, 2.05) is 25.7 Å². The summed E-state index contributed by atoms with van der Waals surface area (Å²) in [6.45, 7) is 10.5. The first-order chi connectivity index (χ1) is 11.3. The highest BCUT2D eigenvalue weighted by atomic mass is 16.2. The molecule has 2 heterocycles. The summed E-state index contributed by atoms with van der Waals surface area (Å²) in [5.41, 5.74) is -0.368. The number of carbonyl (C=O) groups is 2. The predicted molar refractivity (Wildman–Crippen MR) is 94.5 cm³/mol. The van der Waals surface area contributed by atoms with Gasteiger partial charge in [0, 0.05) is 44.2 Å². The average molecular weight is 335 g/mol. The number of piperidine rings is 1. The topological polar surface area (TPSA) is 52.7 Å². The van der Waals surface area contributed by atoms with E-state index >= 15 is 0 Å². The van der Waals surface area contributed by atoms with Crippen LogP contribution in [-0.4, -0.2) is 60.4 Å². The van der Waals surface area contributed by atoms with Crippen LogP contribution in [0.5, 0.6) is 0 Å². The van der Waals surface area contributed by atoms with Crippen LogP contribution < -0.4 is 5.32 Å². The van der Waals surface area contributed by atoms with Crippen molar-refractivity contribution in [3.63, 3.8) is 0 Å². The van der Waals surface area contributed by atoms with E-state index in [2.05, 4.69) is 10.2 Å². The minimum atomic E-state index is -0.368. The van der Waals surface area contributed by atoms with E-state index < -0.39 is 0 Å². The molecule has 2 atom stereocenters. The van der Waals surface area contributed by atoms with E-state index in [1.54, 1.807) is 0 Å². The third-order valence-corrected chi connectivity index (χ3v) is 5.55. The molecule has 1 N–H and O–H groups in total. The van der Waals surface area contributed by atoms with Gasteiger partial charge < -0.3 is 15.1 Å². The van der Waals surface area contributed by atoms with Crippen LogP contribution >= 0.6 is 0 Å². The van der Waals surface area contributed by atoms with Crippen molar-refractivity contribution in [2.75, 3.05) is 32.7 Å². The predicted octanol–water partition coefficient (Wildman–Crippen LogP) is 1.87. The van der Waals surface area contributed by atoms with E-state index in [0.29, 0.717) is 12.6 Å². The van der Waals surface area contributed by atoms with Crippen molar-refractivity contribution in [1.29, 1.82) is 0 Å². The van der Waals surface area contributed by atoms with E-state index in [9.17, 15) is 9.59 Å². The first kappa shape index (κ1) is 17.7. The average Bonchev–Trinajstić information content (AvgIpc) is 3.24. The Balaban J connectivity index is 1.47. The largest absolute Gasteiger partial charge is 0.352 e. The molecule has 1 saturated carbocycles. The Kier molecular flexibility index (Phi) is 5.19. The van der Waals surface area contributed by atoms with E-state index in [-0.39, 0.29) is 23.1 Å². The van der Waals surface area contributed by atoms with E-state index in [1.165, 1.54) is 19.4 Å². The zero-order valence-corrected chi connectivity index (χ0v) is 15.5. The molecule has 2 saturated heterocycles. The van der Waals surface area contributed by atoms with Gasteiger partial charge in [-0.05, 0) is 38.0 Å². The first-order valence-electron chi connectivity index (χ1n) is 9.65. The smallest absolute Gasteiger partial charge is 0.227 e.